The highest BCUT2D eigenvalue weighted by molar-refractivity contribution is 5.76. The van der Waals surface area contributed by atoms with E-state index in [0.29, 0.717) is 36.9 Å². The summed E-state index contributed by atoms with van der Waals surface area (Å²) in [5.41, 5.74) is 1.74. The summed E-state index contributed by atoms with van der Waals surface area (Å²) in [5, 5.41) is 11.9. The summed E-state index contributed by atoms with van der Waals surface area (Å²) in [6.45, 7) is 11.5. The fraction of sp³-hybridized carbons (Fsp3) is 0.600. The van der Waals surface area contributed by atoms with Crippen LogP contribution < -0.4 is 5.32 Å². The molecule has 0 radical (unpaired) electrons. The Hall–Kier alpha value is -1.86. The number of hydrogen-bond acceptors (Lipinski definition) is 3. The van der Waals surface area contributed by atoms with E-state index in [1.807, 2.05) is 12.1 Å². The monoisotopic (exact) mass is 329 g/mol. The summed E-state index contributed by atoms with van der Waals surface area (Å²) in [5.74, 6) is 0.714. The number of nitrogens with zero attached hydrogens (tertiary/aromatic N) is 2. The fourth-order valence-corrected chi connectivity index (χ4v) is 2.97. The molecule has 4 heteroatoms. The molecule has 0 saturated heterocycles. The van der Waals surface area contributed by atoms with Crippen molar-refractivity contribution in [3.05, 3.63) is 35.4 Å². The molecule has 4 nitrogen and oxygen atoms in total. The van der Waals surface area contributed by atoms with Crippen molar-refractivity contribution in [1.29, 1.82) is 5.26 Å². The SMILES string of the molecule is CCN(CC)C(CNC(=O)CCc1ccc(C#N)cc1)CC(C)C. The molecule has 24 heavy (non-hydrogen) atoms. The van der Waals surface area contributed by atoms with Crippen molar-refractivity contribution in [2.45, 2.75) is 53.0 Å². The molecule has 1 aromatic carbocycles. The number of aryl methyl sites for hydroxylation is 1. The van der Waals surface area contributed by atoms with Gasteiger partial charge in [-0.2, -0.15) is 5.26 Å². The third kappa shape index (κ3) is 7.14. The number of carbonyl (C=O) groups excluding carboxylic acids is 1. The molecule has 0 fully saturated rings. The summed E-state index contributed by atoms with van der Waals surface area (Å²) >= 11 is 0. The van der Waals surface area contributed by atoms with Crippen LogP contribution in [0.4, 0.5) is 0 Å². The Bertz CT molecular complexity index is 527. The highest BCUT2D eigenvalue weighted by Crippen LogP contribution is 2.11. The van der Waals surface area contributed by atoms with E-state index in [-0.39, 0.29) is 5.91 Å². The molecule has 1 N–H and O–H groups in total. The first-order chi connectivity index (χ1) is 11.5. The molecular formula is C20H31N3O. The normalized spacial score (nSPS) is 12.2. The van der Waals surface area contributed by atoms with Crippen LogP contribution in [0.25, 0.3) is 0 Å². The third-order valence-electron chi connectivity index (χ3n) is 4.33. The van der Waals surface area contributed by atoms with E-state index >= 15 is 0 Å². The average molecular weight is 329 g/mol. The quantitative estimate of drug-likeness (QED) is 0.716. The second-order valence-electron chi connectivity index (χ2n) is 6.62. The van der Waals surface area contributed by atoms with Crippen LogP contribution in [0.15, 0.2) is 24.3 Å². The highest BCUT2D eigenvalue weighted by Gasteiger charge is 2.17. The average Bonchev–Trinajstić information content (AvgIpc) is 2.58. The largest absolute Gasteiger partial charge is 0.355 e. The molecule has 0 aromatic heterocycles. The Balaban J connectivity index is 2.45. The summed E-state index contributed by atoms with van der Waals surface area (Å²) in [4.78, 5) is 14.6. The maximum atomic E-state index is 12.1. The lowest BCUT2D eigenvalue weighted by molar-refractivity contribution is -0.121. The van der Waals surface area contributed by atoms with Crippen molar-refractivity contribution >= 4 is 5.91 Å². The van der Waals surface area contributed by atoms with E-state index in [1.54, 1.807) is 12.1 Å². The van der Waals surface area contributed by atoms with Gasteiger partial charge in [-0.25, -0.2) is 0 Å². The molecule has 0 aliphatic rings. The lowest BCUT2D eigenvalue weighted by atomic mass is 10.0. The molecule has 1 unspecified atom stereocenters. The van der Waals surface area contributed by atoms with Crippen LogP contribution >= 0.6 is 0 Å². The lowest BCUT2D eigenvalue weighted by Crippen LogP contribution is -2.44. The minimum Gasteiger partial charge on any atom is -0.355 e. The first-order valence-electron chi connectivity index (χ1n) is 8.99. The van der Waals surface area contributed by atoms with Gasteiger partial charge in [-0.05, 0) is 49.5 Å². The lowest BCUT2D eigenvalue weighted by Gasteiger charge is -2.31. The van der Waals surface area contributed by atoms with Gasteiger partial charge in [0.05, 0.1) is 11.6 Å². The molecule has 132 valence electrons. The highest BCUT2D eigenvalue weighted by atomic mass is 16.1. The number of rotatable bonds is 10. The topological polar surface area (TPSA) is 56.1 Å². The van der Waals surface area contributed by atoms with Gasteiger partial charge < -0.3 is 5.32 Å². The van der Waals surface area contributed by atoms with Gasteiger partial charge in [0.25, 0.3) is 0 Å². The van der Waals surface area contributed by atoms with Gasteiger partial charge in [0.15, 0.2) is 0 Å². The molecule has 0 spiro atoms. The Labute approximate surface area is 146 Å². The minimum absolute atomic E-state index is 0.0975. The molecule has 1 amide bonds. The maximum Gasteiger partial charge on any atom is 0.220 e. The van der Waals surface area contributed by atoms with Gasteiger partial charge in [0.1, 0.15) is 0 Å². The van der Waals surface area contributed by atoms with E-state index in [0.717, 1.165) is 25.1 Å². The number of carbonyl (C=O) groups is 1. The molecule has 1 atom stereocenters. The Morgan fingerprint density at radius 1 is 1.21 bits per heavy atom. The maximum absolute atomic E-state index is 12.1. The molecule has 0 saturated carbocycles. The molecule has 0 aliphatic heterocycles. The van der Waals surface area contributed by atoms with Gasteiger partial charge in [-0.1, -0.05) is 39.8 Å². The van der Waals surface area contributed by atoms with Crippen molar-refractivity contribution in [3.8, 4) is 6.07 Å². The van der Waals surface area contributed by atoms with Crippen molar-refractivity contribution in [2.24, 2.45) is 5.92 Å². The second-order valence-corrected chi connectivity index (χ2v) is 6.62. The van der Waals surface area contributed by atoms with Crippen LogP contribution in [-0.4, -0.2) is 36.5 Å². The van der Waals surface area contributed by atoms with E-state index in [4.69, 9.17) is 5.26 Å². The zero-order valence-electron chi connectivity index (χ0n) is 15.5. The molecule has 1 aromatic rings. The summed E-state index contributed by atoms with van der Waals surface area (Å²) in [6, 6.07) is 9.94. The van der Waals surface area contributed by atoms with E-state index in [1.165, 1.54) is 0 Å². The van der Waals surface area contributed by atoms with Crippen LogP contribution in [0.5, 0.6) is 0 Å². The molecule has 0 aliphatic carbocycles. The van der Waals surface area contributed by atoms with E-state index in [9.17, 15) is 4.79 Å². The number of hydrogen-bond donors (Lipinski definition) is 1. The van der Waals surface area contributed by atoms with Gasteiger partial charge in [0, 0.05) is 19.0 Å². The van der Waals surface area contributed by atoms with Crippen molar-refractivity contribution < 1.29 is 4.79 Å². The van der Waals surface area contributed by atoms with Gasteiger partial charge in [0.2, 0.25) is 5.91 Å². The number of nitrogens with one attached hydrogen (secondary N) is 1. The predicted molar refractivity (Wildman–Crippen MR) is 98.7 cm³/mol. The first-order valence-corrected chi connectivity index (χ1v) is 8.99. The number of likely N-dealkylation sites (N-methyl/N-ethyl adjacent to an activating group) is 1. The van der Waals surface area contributed by atoms with Crippen molar-refractivity contribution in [1.82, 2.24) is 10.2 Å². The first kappa shape index (κ1) is 20.2. The zero-order chi connectivity index (χ0) is 17.9. The predicted octanol–water partition coefficient (Wildman–Crippen LogP) is 3.36. The van der Waals surface area contributed by atoms with Crippen molar-refractivity contribution in [3.63, 3.8) is 0 Å². The Morgan fingerprint density at radius 3 is 2.33 bits per heavy atom. The van der Waals surface area contributed by atoms with Crippen LogP contribution in [0.3, 0.4) is 0 Å². The zero-order valence-corrected chi connectivity index (χ0v) is 15.5. The number of benzene rings is 1. The van der Waals surface area contributed by atoms with Crippen molar-refractivity contribution in [2.75, 3.05) is 19.6 Å². The van der Waals surface area contributed by atoms with Crippen LogP contribution in [0, 0.1) is 17.2 Å². The van der Waals surface area contributed by atoms with E-state index in [2.05, 4.69) is 44.0 Å². The van der Waals surface area contributed by atoms with Crippen LogP contribution in [0.2, 0.25) is 0 Å². The van der Waals surface area contributed by atoms with Gasteiger partial charge in [-0.15, -0.1) is 0 Å². The van der Waals surface area contributed by atoms with Gasteiger partial charge >= 0.3 is 0 Å². The third-order valence-corrected chi connectivity index (χ3v) is 4.33. The number of nitriles is 1. The van der Waals surface area contributed by atoms with Gasteiger partial charge in [-0.3, -0.25) is 9.69 Å². The molecule has 0 bridgehead atoms. The summed E-state index contributed by atoms with van der Waals surface area (Å²) < 4.78 is 0. The van der Waals surface area contributed by atoms with E-state index < -0.39 is 0 Å². The number of amides is 1. The summed E-state index contributed by atoms with van der Waals surface area (Å²) in [7, 11) is 0. The minimum atomic E-state index is 0.0975. The fourth-order valence-electron chi connectivity index (χ4n) is 2.97. The Kier molecular flexibility index (Phi) is 9.11. The standard InChI is InChI=1S/C20H31N3O/c1-5-23(6-2)19(13-16(3)4)15-22-20(24)12-11-17-7-9-18(14-21)10-8-17/h7-10,16,19H,5-6,11-13,15H2,1-4H3,(H,22,24). The molecule has 0 heterocycles. The molecule has 1 rings (SSSR count). The molecular weight excluding hydrogens is 298 g/mol. The van der Waals surface area contributed by atoms with Crippen LogP contribution in [0.1, 0.15) is 51.7 Å². The van der Waals surface area contributed by atoms with Crippen LogP contribution in [-0.2, 0) is 11.2 Å². The Morgan fingerprint density at radius 2 is 1.83 bits per heavy atom. The smallest absolute Gasteiger partial charge is 0.220 e. The second kappa shape index (κ2) is 10.8. The summed E-state index contributed by atoms with van der Waals surface area (Å²) in [6.07, 6.45) is 2.29.